The summed E-state index contributed by atoms with van der Waals surface area (Å²) in [4.78, 5) is 47.0. The lowest BCUT2D eigenvalue weighted by atomic mass is 9.97. The van der Waals surface area contributed by atoms with Gasteiger partial charge < -0.3 is 18.9 Å². The molecule has 1 amide bonds. The van der Waals surface area contributed by atoms with Crippen LogP contribution < -0.4 is 0 Å². The minimum Gasteiger partial charge on any atom is -0.465 e. The molecular formula is C31H32N4O6. The van der Waals surface area contributed by atoms with Gasteiger partial charge in [-0.1, -0.05) is 67.0 Å². The number of rotatable bonds is 12. The average Bonchev–Trinajstić information content (AvgIpc) is 3.35. The summed E-state index contributed by atoms with van der Waals surface area (Å²) >= 11 is 0. The Bertz CT molecular complexity index is 1560. The van der Waals surface area contributed by atoms with Crippen molar-refractivity contribution < 1.29 is 28.7 Å². The summed E-state index contributed by atoms with van der Waals surface area (Å²) in [6, 6.07) is 20.4. The normalized spacial score (nSPS) is 11.1. The number of hydrogen-bond acceptors (Lipinski definition) is 8. The smallest absolute Gasteiger partial charge is 0.347 e. The van der Waals surface area contributed by atoms with Crippen molar-refractivity contribution in [2.75, 3.05) is 20.3 Å². The molecule has 1 aromatic heterocycles. The highest BCUT2D eigenvalue weighted by molar-refractivity contribution is 6.03. The Morgan fingerprint density at radius 2 is 1.76 bits per heavy atom. The predicted molar refractivity (Wildman–Crippen MR) is 152 cm³/mol. The number of carbonyl (C=O) groups excluding carboxylic acids is 3. The number of unbranched alkanes of at least 4 members (excludes halogenated alkanes) is 1. The van der Waals surface area contributed by atoms with Crippen molar-refractivity contribution in [3.8, 4) is 11.1 Å². The van der Waals surface area contributed by atoms with Crippen LogP contribution in [0.2, 0.25) is 0 Å². The number of nitrogens with zero attached hydrogens (tertiary/aromatic N) is 4. The molecule has 0 spiro atoms. The summed E-state index contributed by atoms with van der Waals surface area (Å²) in [7, 11) is 1.35. The minimum absolute atomic E-state index is 0.207. The topological polar surface area (TPSA) is 121 Å². The van der Waals surface area contributed by atoms with E-state index in [1.54, 1.807) is 25.1 Å². The Morgan fingerprint density at radius 1 is 0.951 bits per heavy atom. The molecule has 0 aliphatic rings. The quantitative estimate of drug-likeness (QED) is 0.120. The number of benzene rings is 3. The molecule has 4 aromatic rings. The maximum absolute atomic E-state index is 13.2. The molecule has 10 heteroatoms. The van der Waals surface area contributed by atoms with Crippen LogP contribution in [0.25, 0.3) is 22.2 Å². The molecule has 1 heterocycles. The van der Waals surface area contributed by atoms with Gasteiger partial charge in [-0.05, 0) is 48.2 Å². The number of ether oxygens (including phenoxy) is 2. The second-order valence-electron chi connectivity index (χ2n) is 9.19. The van der Waals surface area contributed by atoms with Crippen LogP contribution in [0.3, 0.4) is 0 Å². The highest BCUT2D eigenvalue weighted by Crippen LogP contribution is 2.28. The number of hydrogen-bond donors (Lipinski definition) is 0. The number of aromatic nitrogens is 2. The van der Waals surface area contributed by atoms with Crippen LogP contribution in [0.15, 0.2) is 77.1 Å². The van der Waals surface area contributed by atoms with E-state index in [1.165, 1.54) is 7.11 Å². The molecule has 0 fully saturated rings. The number of para-hydroxylation sites is 1. The van der Waals surface area contributed by atoms with Gasteiger partial charge in [-0.25, -0.2) is 14.6 Å². The second-order valence-corrected chi connectivity index (χ2v) is 9.19. The highest BCUT2D eigenvalue weighted by atomic mass is 16.7. The molecule has 0 bridgehead atoms. The van der Waals surface area contributed by atoms with Crippen molar-refractivity contribution in [3.63, 3.8) is 0 Å². The van der Waals surface area contributed by atoms with Crippen LogP contribution in [0.5, 0.6) is 0 Å². The van der Waals surface area contributed by atoms with Gasteiger partial charge in [-0.3, -0.25) is 4.79 Å². The van der Waals surface area contributed by atoms with Crippen LogP contribution in [0, 0.1) is 0 Å². The standard InChI is InChI=1S/C31H32N4O6/c1-4-6-15-27-32-26-14-10-13-24(31(38)39-3)29(26)35(27)19-21-16-17-23(22-11-8-7-9-12-22)25(18-21)30(37)33-34-41-20-28(36)40-5-2/h7-14,16-18H,4-6,15,19-20H2,1-3H3. The molecule has 3 aromatic carbocycles. The van der Waals surface area contributed by atoms with E-state index < -0.39 is 24.5 Å². The number of amides is 1. The van der Waals surface area contributed by atoms with Crippen molar-refractivity contribution in [1.29, 1.82) is 0 Å². The first kappa shape index (κ1) is 29.1. The van der Waals surface area contributed by atoms with Gasteiger partial charge in [0.1, 0.15) is 5.82 Å². The Kier molecular flexibility index (Phi) is 9.93. The molecule has 0 N–H and O–H groups in total. The molecule has 10 nitrogen and oxygen atoms in total. The lowest BCUT2D eigenvalue weighted by Gasteiger charge is -2.14. The van der Waals surface area contributed by atoms with E-state index in [4.69, 9.17) is 19.3 Å². The lowest BCUT2D eigenvalue weighted by molar-refractivity contribution is -0.148. The van der Waals surface area contributed by atoms with E-state index in [-0.39, 0.29) is 6.61 Å². The fourth-order valence-electron chi connectivity index (χ4n) is 4.53. The van der Waals surface area contributed by atoms with Gasteiger partial charge in [0.05, 0.1) is 35.9 Å². The van der Waals surface area contributed by atoms with Gasteiger partial charge in [0, 0.05) is 18.2 Å². The van der Waals surface area contributed by atoms with E-state index in [0.29, 0.717) is 34.3 Å². The summed E-state index contributed by atoms with van der Waals surface area (Å²) in [6.45, 7) is 3.90. The second kappa shape index (κ2) is 14.0. The fraction of sp³-hybridized carbons (Fsp3) is 0.290. The van der Waals surface area contributed by atoms with Gasteiger partial charge in [0.25, 0.3) is 5.91 Å². The van der Waals surface area contributed by atoms with E-state index in [9.17, 15) is 14.4 Å². The molecular weight excluding hydrogens is 524 g/mol. The third-order valence-corrected chi connectivity index (χ3v) is 6.42. The molecule has 0 unspecified atom stereocenters. The lowest BCUT2D eigenvalue weighted by Crippen LogP contribution is -2.11. The number of fused-ring (bicyclic) bond motifs is 1. The molecule has 0 atom stereocenters. The minimum atomic E-state index is -0.633. The molecule has 0 aliphatic carbocycles. The Morgan fingerprint density at radius 3 is 2.49 bits per heavy atom. The van der Waals surface area contributed by atoms with Crippen LogP contribution in [-0.2, 0) is 32.1 Å². The summed E-state index contributed by atoms with van der Waals surface area (Å²) in [5.41, 5.74) is 4.40. The number of esters is 2. The van der Waals surface area contributed by atoms with Crippen LogP contribution >= 0.6 is 0 Å². The average molecular weight is 557 g/mol. The number of aryl methyl sites for hydroxylation is 1. The summed E-state index contributed by atoms with van der Waals surface area (Å²) in [5, 5.41) is 7.13. The Hall–Kier alpha value is -4.86. The number of imidazole rings is 1. The van der Waals surface area contributed by atoms with Gasteiger partial charge >= 0.3 is 11.9 Å². The molecule has 41 heavy (non-hydrogen) atoms. The number of methoxy groups -OCH3 is 1. The largest absolute Gasteiger partial charge is 0.465 e. The summed E-state index contributed by atoms with van der Waals surface area (Å²) in [6.07, 6.45) is 2.65. The molecule has 0 aliphatic heterocycles. The zero-order valence-corrected chi connectivity index (χ0v) is 23.3. The van der Waals surface area contributed by atoms with Crippen LogP contribution in [0.4, 0.5) is 0 Å². The maximum Gasteiger partial charge on any atom is 0.347 e. The third-order valence-electron chi connectivity index (χ3n) is 6.42. The van der Waals surface area contributed by atoms with Gasteiger partial charge in [-0.15, -0.1) is 0 Å². The maximum atomic E-state index is 13.2. The summed E-state index contributed by atoms with van der Waals surface area (Å²) in [5.74, 6) is -0.849. The van der Waals surface area contributed by atoms with E-state index in [1.807, 2.05) is 53.1 Å². The van der Waals surface area contributed by atoms with E-state index >= 15 is 0 Å². The SMILES string of the molecule is CCCCc1nc2cccc(C(=O)OC)c2n1Cc1ccc(-c2ccccc2)c(C(=O)N=NOCC(=O)OCC)c1. The van der Waals surface area contributed by atoms with Crippen molar-refractivity contribution in [2.24, 2.45) is 10.4 Å². The Balaban J connectivity index is 1.74. The zero-order chi connectivity index (χ0) is 29.2. The third kappa shape index (κ3) is 7.02. The first-order valence-electron chi connectivity index (χ1n) is 13.4. The van der Waals surface area contributed by atoms with Crippen molar-refractivity contribution in [2.45, 2.75) is 39.7 Å². The molecule has 212 valence electrons. The molecule has 0 radical (unpaired) electrons. The predicted octanol–water partition coefficient (Wildman–Crippen LogP) is 5.97. The van der Waals surface area contributed by atoms with E-state index in [0.717, 1.165) is 36.2 Å². The van der Waals surface area contributed by atoms with Crippen LogP contribution in [0.1, 0.15) is 58.8 Å². The summed E-state index contributed by atoms with van der Waals surface area (Å²) < 4.78 is 11.8. The van der Waals surface area contributed by atoms with Crippen molar-refractivity contribution in [1.82, 2.24) is 9.55 Å². The van der Waals surface area contributed by atoms with Crippen LogP contribution in [-0.4, -0.2) is 47.7 Å². The van der Waals surface area contributed by atoms with Gasteiger partial charge in [0.2, 0.25) is 6.61 Å². The van der Waals surface area contributed by atoms with Crippen molar-refractivity contribution in [3.05, 3.63) is 89.2 Å². The molecule has 0 saturated carbocycles. The molecule has 4 rings (SSSR count). The van der Waals surface area contributed by atoms with Gasteiger partial charge in [0.15, 0.2) is 0 Å². The van der Waals surface area contributed by atoms with Gasteiger partial charge in [-0.2, -0.15) is 0 Å². The first-order chi connectivity index (χ1) is 20.0. The monoisotopic (exact) mass is 556 g/mol. The zero-order valence-electron chi connectivity index (χ0n) is 23.3. The van der Waals surface area contributed by atoms with Crippen molar-refractivity contribution >= 4 is 28.9 Å². The number of carbonyl (C=O) groups is 3. The Labute approximate surface area is 237 Å². The first-order valence-corrected chi connectivity index (χ1v) is 13.4. The molecule has 0 saturated heterocycles. The highest BCUT2D eigenvalue weighted by Gasteiger charge is 2.20. The fourth-order valence-corrected chi connectivity index (χ4v) is 4.53. The van der Waals surface area contributed by atoms with E-state index in [2.05, 4.69) is 17.3 Å².